The molecule has 0 aliphatic carbocycles. The van der Waals surface area contributed by atoms with Crippen LogP contribution in [0.2, 0.25) is 0 Å². The zero-order valence-electron chi connectivity index (χ0n) is 16.9. The van der Waals surface area contributed by atoms with Crippen molar-refractivity contribution >= 4 is 11.6 Å². The highest BCUT2D eigenvalue weighted by atomic mass is 19.1. The van der Waals surface area contributed by atoms with E-state index in [2.05, 4.69) is 15.3 Å². The first-order valence-electron chi connectivity index (χ1n) is 10.1. The van der Waals surface area contributed by atoms with Gasteiger partial charge in [0.2, 0.25) is 5.91 Å². The molecule has 6 nitrogen and oxygen atoms in total. The van der Waals surface area contributed by atoms with Gasteiger partial charge in [-0.25, -0.2) is 9.07 Å². The Morgan fingerprint density at radius 2 is 2.07 bits per heavy atom. The molecule has 1 aromatic heterocycles. The fourth-order valence-electron chi connectivity index (χ4n) is 3.82. The number of carbonyl (C=O) groups excluding carboxylic acids is 1. The normalized spacial score (nSPS) is 16.9. The summed E-state index contributed by atoms with van der Waals surface area (Å²) in [7, 11) is 1.51. The van der Waals surface area contributed by atoms with Crippen molar-refractivity contribution in [3.05, 3.63) is 72.3 Å². The third-order valence-electron chi connectivity index (χ3n) is 5.45. The molecule has 1 aliphatic rings. The zero-order valence-corrected chi connectivity index (χ0v) is 16.9. The molecule has 1 N–H and O–H groups in total. The number of aromatic nitrogens is 2. The molecule has 1 saturated heterocycles. The first kappa shape index (κ1) is 20.1. The molecule has 7 heteroatoms. The first-order chi connectivity index (χ1) is 14.6. The Morgan fingerprint density at radius 1 is 1.23 bits per heavy atom. The number of hydrogen-bond acceptors (Lipinski definition) is 4. The van der Waals surface area contributed by atoms with Gasteiger partial charge in [0.05, 0.1) is 18.8 Å². The minimum atomic E-state index is -0.312. The SMILES string of the molecule is COc1ccc(CN2CCCC[C@H]2C(=O)Nc2ccc(-n3cccn3)cc2)c(F)c1. The highest BCUT2D eigenvalue weighted by Crippen LogP contribution is 2.24. The van der Waals surface area contributed by atoms with Gasteiger partial charge in [0.25, 0.3) is 0 Å². The second kappa shape index (κ2) is 9.09. The molecule has 0 spiro atoms. The van der Waals surface area contributed by atoms with Gasteiger partial charge in [0, 0.05) is 36.3 Å². The Labute approximate surface area is 175 Å². The number of likely N-dealkylation sites (tertiary alicyclic amines) is 1. The van der Waals surface area contributed by atoms with Crippen molar-refractivity contribution in [2.75, 3.05) is 19.0 Å². The van der Waals surface area contributed by atoms with Gasteiger partial charge in [-0.1, -0.05) is 12.5 Å². The fourth-order valence-corrected chi connectivity index (χ4v) is 3.82. The number of anilines is 1. The van der Waals surface area contributed by atoms with Gasteiger partial charge in [-0.15, -0.1) is 0 Å². The lowest BCUT2D eigenvalue weighted by Crippen LogP contribution is -2.46. The number of rotatable bonds is 6. The van der Waals surface area contributed by atoms with Crippen molar-refractivity contribution in [1.82, 2.24) is 14.7 Å². The topological polar surface area (TPSA) is 59.4 Å². The van der Waals surface area contributed by atoms with Crippen molar-refractivity contribution in [3.63, 3.8) is 0 Å². The lowest BCUT2D eigenvalue weighted by Gasteiger charge is -2.34. The summed E-state index contributed by atoms with van der Waals surface area (Å²) in [6.45, 7) is 1.16. The summed E-state index contributed by atoms with van der Waals surface area (Å²) < 4.78 is 21.2. The number of hydrogen-bond donors (Lipinski definition) is 1. The molecular formula is C23H25FN4O2. The van der Waals surface area contributed by atoms with Crippen LogP contribution in [0, 0.1) is 5.82 Å². The number of ether oxygens (including phenoxy) is 1. The maximum Gasteiger partial charge on any atom is 0.241 e. The standard InChI is InChI=1S/C23H25FN4O2/c1-30-20-11-6-17(21(24)15-20)16-27-13-3-2-5-22(27)23(29)26-18-7-9-19(10-8-18)28-14-4-12-25-28/h4,6-12,14-15,22H,2-3,5,13,16H2,1H3,(H,26,29)/t22-/m0/s1. The van der Waals surface area contributed by atoms with Crippen molar-refractivity contribution in [3.8, 4) is 11.4 Å². The predicted molar refractivity (Wildman–Crippen MR) is 113 cm³/mol. The van der Waals surface area contributed by atoms with Crippen LogP contribution < -0.4 is 10.1 Å². The number of amides is 1. The molecule has 30 heavy (non-hydrogen) atoms. The molecule has 1 fully saturated rings. The highest BCUT2D eigenvalue weighted by molar-refractivity contribution is 5.95. The summed E-state index contributed by atoms with van der Waals surface area (Å²) in [5.74, 6) is 0.117. The van der Waals surface area contributed by atoms with E-state index in [0.717, 1.165) is 37.2 Å². The molecular weight excluding hydrogens is 383 g/mol. The van der Waals surface area contributed by atoms with Crippen molar-refractivity contribution in [2.24, 2.45) is 0 Å². The number of nitrogens with zero attached hydrogens (tertiary/aromatic N) is 3. The smallest absolute Gasteiger partial charge is 0.241 e. The van der Waals surface area contributed by atoms with E-state index in [1.807, 2.05) is 36.5 Å². The largest absolute Gasteiger partial charge is 0.497 e. The monoisotopic (exact) mass is 408 g/mol. The lowest BCUT2D eigenvalue weighted by atomic mass is 10.00. The number of methoxy groups -OCH3 is 1. The van der Waals surface area contributed by atoms with Gasteiger partial charge in [0.1, 0.15) is 11.6 Å². The van der Waals surface area contributed by atoms with Crippen molar-refractivity contribution in [2.45, 2.75) is 31.8 Å². The maximum absolute atomic E-state index is 14.4. The molecule has 2 heterocycles. The van der Waals surface area contributed by atoms with E-state index in [-0.39, 0.29) is 17.8 Å². The third-order valence-corrected chi connectivity index (χ3v) is 5.45. The Bertz CT molecular complexity index is 989. The second-order valence-corrected chi connectivity index (χ2v) is 7.43. The van der Waals surface area contributed by atoms with Gasteiger partial charge in [-0.2, -0.15) is 5.10 Å². The predicted octanol–water partition coefficient (Wildman–Crippen LogP) is 4.01. The van der Waals surface area contributed by atoms with Crippen LogP contribution in [0.15, 0.2) is 60.9 Å². The maximum atomic E-state index is 14.4. The van der Waals surface area contributed by atoms with E-state index in [4.69, 9.17) is 4.74 Å². The van der Waals surface area contributed by atoms with E-state index in [1.54, 1.807) is 23.0 Å². The number of piperidine rings is 1. The molecule has 1 aliphatic heterocycles. The molecule has 2 aromatic carbocycles. The van der Waals surface area contributed by atoms with Crippen LogP contribution in [0.5, 0.6) is 5.75 Å². The number of carbonyl (C=O) groups is 1. The van der Waals surface area contributed by atoms with Gasteiger partial charge in [0.15, 0.2) is 0 Å². The van der Waals surface area contributed by atoms with Gasteiger partial charge >= 0.3 is 0 Å². The van der Waals surface area contributed by atoms with Crippen LogP contribution in [-0.2, 0) is 11.3 Å². The summed E-state index contributed by atoms with van der Waals surface area (Å²) in [6, 6.07) is 14.0. The minimum absolute atomic E-state index is 0.0598. The quantitative estimate of drug-likeness (QED) is 0.670. The van der Waals surface area contributed by atoms with E-state index in [9.17, 15) is 9.18 Å². The third kappa shape index (κ3) is 4.52. The highest BCUT2D eigenvalue weighted by Gasteiger charge is 2.29. The first-order valence-corrected chi connectivity index (χ1v) is 10.1. The van der Waals surface area contributed by atoms with Crippen molar-refractivity contribution < 1.29 is 13.9 Å². The van der Waals surface area contributed by atoms with Crippen LogP contribution in [0.25, 0.3) is 5.69 Å². The molecule has 1 amide bonds. The van der Waals surface area contributed by atoms with E-state index in [0.29, 0.717) is 17.9 Å². The molecule has 0 saturated carbocycles. The van der Waals surface area contributed by atoms with Gasteiger partial charge < -0.3 is 10.1 Å². The Kier molecular flexibility index (Phi) is 6.09. The van der Waals surface area contributed by atoms with Crippen molar-refractivity contribution in [1.29, 1.82) is 0 Å². The minimum Gasteiger partial charge on any atom is -0.497 e. The van der Waals surface area contributed by atoms with Crippen LogP contribution in [-0.4, -0.2) is 40.3 Å². The summed E-state index contributed by atoms with van der Waals surface area (Å²) in [4.78, 5) is 15.0. The van der Waals surface area contributed by atoms with E-state index >= 15 is 0 Å². The number of halogens is 1. The van der Waals surface area contributed by atoms with Gasteiger partial charge in [-0.05, 0) is 55.8 Å². The van der Waals surface area contributed by atoms with Crippen LogP contribution in [0.3, 0.4) is 0 Å². The Balaban J connectivity index is 1.44. The van der Waals surface area contributed by atoms with Crippen LogP contribution in [0.1, 0.15) is 24.8 Å². The summed E-state index contributed by atoms with van der Waals surface area (Å²) in [5, 5.41) is 7.21. The molecule has 0 radical (unpaired) electrons. The Morgan fingerprint density at radius 3 is 2.77 bits per heavy atom. The van der Waals surface area contributed by atoms with Crippen LogP contribution in [0.4, 0.5) is 10.1 Å². The van der Waals surface area contributed by atoms with Crippen LogP contribution >= 0.6 is 0 Å². The molecule has 0 unspecified atom stereocenters. The molecule has 3 aromatic rings. The summed E-state index contributed by atoms with van der Waals surface area (Å²) in [5.41, 5.74) is 2.23. The average Bonchev–Trinajstić information content (AvgIpc) is 3.31. The summed E-state index contributed by atoms with van der Waals surface area (Å²) in [6.07, 6.45) is 6.33. The van der Waals surface area contributed by atoms with Gasteiger partial charge in [-0.3, -0.25) is 9.69 Å². The molecule has 0 bridgehead atoms. The summed E-state index contributed by atoms with van der Waals surface area (Å²) >= 11 is 0. The molecule has 4 rings (SSSR count). The number of nitrogens with one attached hydrogen (secondary N) is 1. The average molecular weight is 408 g/mol. The van der Waals surface area contributed by atoms with E-state index < -0.39 is 0 Å². The zero-order chi connectivity index (χ0) is 20.9. The lowest BCUT2D eigenvalue weighted by molar-refractivity contribution is -0.122. The number of benzene rings is 2. The molecule has 156 valence electrons. The second-order valence-electron chi connectivity index (χ2n) is 7.43. The fraction of sp³-hybridized carbons (Fsp3) is 0.304. The van der Waals surface area contributed by atoms with E-state index in [1.165, 1.54) is 13.2 Å². The Hall–Kier alpha value is -3.19. The molecule has 1 atom stereocenters.